The van der Waals surface area contributed by atoms with Crippen LogP contribution in [0.15, 0.2) is 36.4 Å². The molecule has 0 atom stereocenters. The second kappa shape index (κ2) is 16.9. The van der Waals surface area contributed by atoms with E-state index in [9.17, 15) is 0 Å². The van der Waals surface area contributed by atoms with Crippen LogP contribution in [0.3, 0.4) is 0 Å². The molecule has 1 aromatic heterocycles. The highest BCUT2D eigenvalue weighted by atomic mass is 32.1. The molecule has 0 aliphatic heterocycles. The van der Waals surface area contributed by atoms with Crippen LogP contribution < -0.4 is 18.9 Å². The Bertz CT molecular complexity index is 1300. The quantitative estimate of drug-likeness (QED) is 0.137. The number of hydrogen-bond donors (Lipinski definition) is 0. The molecule has 3 rings (SSSR count). The molecule has 274 valence electrons. The summed E-state index contributed by atoms with van der Waals surface area (Å²) in [4.78, 5) is 1.92. The van der Waals surface area contributed by atoms with Crippen molar-refractivity contribution in [2.75, 3.05) is 40.6 Å². The minimum atomic E-state index is -0.461. The SMILES string of the molecule is COCCOCc1c(-c2c(OC(C)(C)C)cccc2OC(C)(C)C)sc(-c2c(OC(C)(C)C)cccc2OC(C)(C)C)c1COCCOC. The van der Waals surface area contributed by atoms with Gasteiger partial charge in [-0.25, -0.2) is 0 Å². The molecule has 0 saturated heterocycles. The van der Waals surface area contributed by atoms with Crippen molar-refractivity contribution in [2.45, 2.75) is 119 Å². The zero-order valence-corrected chi connectivity index (χ0v) is 33.2. The fourth-order valence-corrected chi connectivity index (χ4v) is 6.39. The van der Waals surface area contributed by atoms with Crippen molar-refractivity contribution in [3.05, 3.63) is 47.5 Å². The van der Waals surface area contributed by atoms with Crippen LogP contribution in [0.5, 0.6) is 23.0 Å². The van der Waals surface area contributed by atoms with Gasteiger partial charge in [0.1, 0.15) is 45.4 Å². The van der Waals surface area contributed by atoms with Crippen LogP contribution in [0.25, 0.3) is 20.9 Å². The van der Waals surface area contributed by atoms with Crippen molar-refractivity contribution >= 4 is 11.3 Å². The second-order valence-corrected chi connectivity index (χ2v) is 16.9. The highest BCUT2D eigenvalue weighted by Gasteiger charge is 2.32. The summed E-state index contributed by atoms with van der Waals surface area (Å²) >= 11 is 1.64. The fourth-order valence-electron chi connectivity index (χ4n) is 4.97. The highest BCUT2D eigenvalue weighted by Crippen LogP contribution is 2.54. The van der Waals surface area contributed by atoms with Crippen molar-refractivity contribution < 1.29 is 37.9 Å². The molecule has 2 aromatic carbocycles. The molecule has 0 spiro atoms. The van der Waals surface area contributed by atoms with Crippen LogP contribution in [-0.2, 0) is 32.2 Å². The zero-order valence-electron chi connectivity index (χ0n) is 32.4. The molecular weight excluding hydrogens is 640 g/mol. The molecule has 8 nitrogen and oxygen atoms in total. The van der Waals surface area contributed by atoms with Gasteiger partial charge in [0.2, 0.25) is 0 Å². The molecule has 0 fully saturated rings. The number of methoxy groups -OCH3 is 2. The molecule has 49 heavy (non-hydrogen) atoms. The molecule has 1 heterocycles. The van der Waals surface area contributed by atoms with Gasteiger partial charge < -0.3 is 37.9 Å². The molecule has 0 aliphatic carbocycles. The summed E-state index contributed by atoms with van der Waals surface area (Å²) in [6.07, 6.45) is 0. The van der Waals surface area contributed by atoms with Crippen LogP contribution in [0, 0.1) is 0 Å². The van der Waals surface area contributed by atoms with Gasteiger partial charge in [0.05, 0.1) is 50.8 Å². The summed E-state index contributed by atoms with van der Waals surface area (Å²) in [6.45, 7) is 27.0. The first-order valence-electron chi connectivity index (χ1n) is 17.0. The maximum atomic E-state index is 6.66. The second-order valence-electron chi connectivity index (χ2n) is 15.9. The summed E-state index contributed by atoms with van der Waals surface area (Å²) in [6, 6.07) is 12.0. The Kier molecular flexibility index (Phi) is 14.0. The van der Waals surface area contributed by atoms with E-state index in [-0.39, 0.29) is 0 Å². The first-order valence-corrected chi connectivity index (χ1v) is 17.9. The monoisotopic (exact) mass is 700 g/mol. The number of hydrogen-bond acceptors (Lipinski definition) is 9. The van der Waals surface area contributed by atoms with E-state index in [4.69, 9.17) is 37.9 Å². The highest BCUT2D eigenvalue weighted by molar-refractivity contribution is 7.19. The molecule has 0 aliphatic rings. The lowest BCUT2D eigenvalue weighted by Crippen LogP contribution is -2.25. The predicted molar refractivity (Wildman–Crippen MR) is 200 cm³/mol. The maximum Gasteiger partial charge on any atom is 0.132 e. The largest absolute Gasteiger partial charge is 0.487 e. The first-order chi connectivity index (χ1) is 22.7. The van der Waals surface area contributed by atoms with Gasteiger partial charge in [0.15, 0.2) is 0 Å². The lowest BCUT2D eigenvalue weighted by atomic mass is 9.99. The number of rotatable bonds is 16. The standard InChI is InChI=1S/C40H60O8S/c1-37(2,3)45-29-17-15-18-30(46-38(4,5)6)33(29)35-27(25-43-23-21-41-13)28(26-44-24-22-42-14)36(49-35)34-31(47-39(7,8)9)19-16-20-32(34)48-40(10,11)12/h15-20H,21-26H2,1-14H3. The molecule has 3 aromatic rings. The van der Waals surface area contributed by atoms with Crippen molar-refractivity contribution in [3.63, 3.8) is 0 Å². The van der Waals surface area contributed by atoms with E-state index in [0.29, 0.717) is 39.6 Å². The summed E-state index contributed by atoms with van der Waals surface area (Å²) in [5.41, 5.74) is 1.83. The number of benzene rings is 2. The van der Waals surface area contributed by atoms with Gasteiger partial charge in [-0.15, -0.1) is 11.3 Å². The summed E-state index contributed by atoms with van der Waals surface area (Å²) in [5, 5.41) is 0. The molecule has 0 bridgehead atoms. The third-order valence-electron chi connectivity index (χ3n) is 6.57. The molecule has 0 radical (unpaired) electrons. The molecule has 9 heteroatoms. The smallest absolute Gasteiger partial charge is 0.132 e. The van der Waals surface area contributed by atoms with E-state index in [2.05, 4.69) is 0 Å². The fraction of sp³-hybridized carbons (Fsp3) is 0.600. The normalized spacial score (nSPS) is 12.7. The predicted octanol–water partition coefficient (Wildman–Crippen LogP) is 10.1. The van der Waals surface area contributed by atoms with Crippen LogP contribution in [0.4, 0.5) is 0 Å². The molecule has 0 N–H and O–H groups in total. The van der Waals surface area contributed by atoms with Crippen molar-refractivity contribution in [3.8, 4) is 43.9 Å². The van der Waals surface area contributed by atoms with E-state index < -0.39 is 22.4 Å². The van der Waals surface area contributed by atoms with E-state index in [1.165, 1.54) is 0 Å². The van der Waals surface area contributed by atoms with Crippen molar-refractivity contribution in [1.29, 1.82) is 0 Å². The van der Waals surface area contributed by atoms with Gasteiger partial charge in [0, 0.05) is 35.1 Å². The Morgan fingerprint density at radius 3 is 0.980 bits per heavy atom. The van der Waals surface area contributed by atoms with Crippen molar-refractivity contribution in [1.82, 2.24) is 0 Å². The van der Waals surface area contributed by atoms with Gasteiger partial charge in [0.25, 0.3) is 0 Å². The lowest BCUT2D eigenvalue weighted by Gasteiger charge is -2.27. The van der Waals surface area contributed by atoms with Crippen LogP contribution in [-0.4, -0.2) is 63.1 Å². The lowest BCUT2D eigenvalue weighted by molar-refractivity contribution is 0.0539. The van der Waals surface area contributed by atoms with Crippen LogP contribution >= 0.6 is 11.3 Å². The summed E-state index contributed by atoms with van der Waals surface area (Å²) in [7, 11) is 3.34. The summed E-state index contributed by atoms with van der Waals surface area (Å²) in [5.74, 6) is 2.88. The maximum absolute atomic E-state index is 6.66. The third-order valence-corrected chi connectivity index (χ3v) is 7.88. The average molecular weight is 701 g/mol. The van der Waals surface area contributed by atoms with Gasteiger partial charge in [-0.05, 0) is 107 Å². The van der Waals surface area contributed by atoms with E-state index in [1.54, 1.807) is 25.6 Å². The Morgan fingerprint density at radius 1 is 0.449 bits per heavy atom. The van der Waals surface area contributed by atoms with Gasteiger partial charge >= 0.3 is 0 Å². The Morgan fingerprint density at radius 2 is 0.735 bits per heavy atom. The Labute approximate surface area is 299 Å². The minimum absolute atomic E-state index is 0.314. The number of thiophene rings is 1. The third kappa shape index (κ3) is 12.8. The first kappa shape index (κ1) is 40.6. The van der Waals surface area contributed by atoms with E-state index >= 15 is 0 Å². The molecular formula is C40H60O8S. The minimum Gasteiger partial charge on any atom is -0.487 e. The topological polar surface area (TPSA) is 73.8 Å². The molecule has 0 unspecified atom stereocenters. The average Bonchev–Trinajstić information content (AvgIpc) is 3.27. The van der Waals surface area contributed by atoms with Crippen LogP contribution in [0.1, 0.15) is 94.2 Å². The summed E-state index contributed by atoms with van der Waals surface area (Å²) < 4.78 is 49.9. The van der Waals surface area contributed by atoms with E-state index in [0.717, 1.165) is 55.0 Å². The molecule has 0 saturated carbocycles. The van der Waals surface area contributed by atoms with Crippen LogP contribution in [0.2, 0.25) is 0 Å². The van der Waals surface area contributed by atoms with Gasteiger partial charge in [-0.3, -0.25) is 0 Å². The Hall–Kier alpha value is -2.82. The number of ether oxygens (including phenoxy) is 8. The van der Waals surface area contributed by atoms with E-state index in [1.807, 2.05) is 119 Å². The van der Waals surface area contributed by atoms with Gasteiger partial charge in [-0.2, -0.15) is 0 Å². The molecule has 0 amide bonds. The zero-order chi connectivity index (χ0) is 36.6. The van der Waals surface area contributed by atoms with Crippen molar-refractivity contribution in [2.24, 2.45) is 0 Å². The Balaban J connectivity index is 2.51. The van der Waals surface area contributed by atoms with Gasteiger partial charge in [-0.1, -0.05) is 12.1 Å².